The summed E-state index contributed by atoms with van der Waals surface area (Å²) in [4.78, 5) is 11.9. The number of halogens is 1. The van der Waals surface area contributed by atoms with Gasteiger partial charge in [-0.2, -0.15) is 0 Å². The molecule has 5 heteroatoms. The average molecular weight is 305 g/mol. The lowest BCUT2D eigenvalue weighted by Gasteiger charge is -2.07. The maximum Gasteiger partial charge on any atom is 0.337 e. The van der Waals surface area contributed by atoms with Crippen LogP contribution in [-0.2, 0) is 4.74 Å². The highest BCUT2D eigenvalue weighted by atomic mass is 79.9. The van der Waals surface area contributed by atoms with Gasteiger partial charge in [-0.1, -0.05) is 6.07 Å². The Kier molecular flexibility index (Phi) is 5.87. The quantitative estimate of drug-likeness (QED) is 0.647. The zero-order valence-electron chi connectivity index (χ0n) is 8.90. The van der Waals surface area contributed by atoms with Crippen molar-refractivity contribution in [2.24, 2.45) is 0 Å². The molecule has 0 heterocycles. The van der Waals surface area contributed by atoms with Gasteiger partial charge in [0, 0.05) is 28.8 Å². The number of benzene rings is 1. The van der Waals surface area contributed by atoms with Crippen LogP contribution in [-0.4, -0.2) is 30.5 Å². The number of hydrogen-bond acceptors (Lipinski definition) is 3. The zero-order valence-corrected chi connectivity index (χ0v) is 11.3. The maximum atomic E-state index is 11.1. The summed E-state index contributed by atoms with van der Waals surface area (Å²) in [5.74, 6) is -0.0494. The molecule has 0 aliphatic carbocycles. The van der Waals surface area contributed by atoms with Crippen molar-refractivity contribution < 1.29 is 14.6 Å². The lowest BCUT2D eigenvalue weighted by molar-refractivity contribution is 0.0692. The van der Waals surface area contributed by atoms with Gasteiger partial charge in [-0.05, 0) is 34.5 Å². The van der Waals surface area contributed by atoms with Gasteiger partial charge in [0.25, 0.3) is 0 Å². The van der Waals surface area contributed by atoms with E-state index in [0.717, 1.165) is 17.1 Å². The van der Waals surface area contributed by atoms with Crippen LogP contribution in [0.3, 0.4) is 0 Å². The molecule has 0 spiro atoms. The van der Waals surface area contributed by atoms with Crippen molar-refractivity contribution >= 4 is 33.7 Å². The molecule has 0 aliphatic heterocycles. The first kappa shape index (κ1) is 13.5. The van der Waals surface area contributed by atoms with E-state index >= 15 is 0 Å². The second-order valence-electron chi connectivity index (χ2n) is 3.11. The van der Waals surface area contributed by atoms with Gasteiger partial charge in [0.05, 0.1) is 5.56 Å². The summed E-state index contributed by atoms with van der Waals surface area (Å²) in [7, 11) is 1.66. The van der Waals surface area contributed by atoms with Crippen molar-refractivity contribution in [3.8, 4) is 0 Å². The summed E-state index contributed by atoms with van der Waals surface area (Å²) in [6.07, 6.45) is 0.909. The Hall–Kier alpha value is -0.520. The lowest BCUT2D eigenvalue weighted by atomic mass is 10.2. The Balaban J connectivity index is 2.71. The highest BCUT2D eigenvalue weighted by Gasteiger charge is 2.13. The van der Waals surface area contributed by atoms with E-state index in [1.807, 2.05) is 12.1 Å². The van der Waals surface area contributed by atoms with Gasteiger partial charge in [-0.25, -0.2) is 4.79 Å². The molecule has 0 saturated heterocycles. The van der Waals surface area contributed by atoms with Crippen LogP contribution < -0.4 is 0 Å². The van der Waals surface area contributed by atoms with Crippen molar-refractivity contribution in [1.29, 1.82) is 0 Å². The molecule has 0 aliphatic rings. The summed E-state index contributed by atoms with van der Waals surface area (Å²) >= 11 is 4.79. The molecule has 0 amide bonds. The van der Waals surface area contributed by atoms with E-state index in [2.05, 4.69) is 15.9 Å². The Morgan fingerprint density at radius 3 is 2.94 bits per heavy atom. The largest absolute Gasteiger partial charge is 0.478 e. The third kappa shape index (κ3) is 3.81. The normalized spacial score (nSPS) is 10.4. The van der Waals surface area contributed by atoms with E-state index in [4.69, 9.17) is 9.84 Å². The van der Waals surface area contributed by atoms with E-state index in [0.29, 0.717) is 16.6 Å². The highest BCUT2D eigenvalue weighted by molar-refractivity contribution is 9.10. The Morgan fingerprint density at radius 2 is 2.31 bits per heavy atom. The van der Waals surface area contributed by atoms with Gasteiger partial charge >= 0.3 is 5.97 Å². The predicted octanol–water partition coefficient (Wildman–Crippen LogP) is 3.28. The molecular formula is C11H13BrO3S. The van der Waals surface area contributed by atoms with Crippen LogP contribution in [0.5, 0.6) is 0 Å². The van der Waals surface area contributed by atoms with Crippen molar-refractivity contribution in [3.05, 3.63) is 28.2 Å². The number of ether oxygens (including phenoxy) is 1. The molecule has 0 saturated carbocycles. The Labute approximate surface area is 107 Å². The fraction of sp³-hybridized carbons (Fsp3) is 0.364. The first-order chi connectivity index (χ1) is 7.66. The molecule has 3 nitrogen and oxygen atoms in total. The lowest BCUT2D eigenvalue weighted by Crippen LogP contribution is -2.01. The summed E-state index contributed by atoms with van der Waals surface area (Å²) in [5.41, 5.74) is 0.338. The van der Waals surface area contributed by atoms with E-state index in [1.165, 1.54) is 11.8 Å². The monoisotopic (exact) mass is 304 g/mol. The van der Waals surface area contributed by atoms with Gasteiger partial charge in [0.15, 0.2) is 0 Å². The first-order valence-corrected chi connectivity index (χ1v) is 6.58. The van der Waals surface area contributed by atoms with Crippen LogP contribution in [0.1, 0.15) is 16.8 Å². The topological polar surface area (TPSA) is 46.5 Å². The summed E-state index contributed by atoms with van der Waals surface area (Å²) in [6, 6.07) is 5.41. The molecule has 0 radical (unpaired) electrons. The first-order valence-electron chi connectivity index (χ1n) is 4.80. The molecular weight excluding hydrogens is 292 g/mol. The average Bonchev–Trinajstić information content (AvgIpc) is 2.24. The Bertz CT molecular complexity index is 368. The van der Waals surface area contributed by atoms with Crippen molar-refractivity contribution in [1.82, 2.24) is 0 Å². The highest BCUT2D eigenvalue weighted by Crippen LogP contribution is 2.29. The smallest absolute Gasteiger partial charge is 0.337 e. The van der Waals surface area contributed by atoms with E-state index in [-0.39, 0.29) is 0 Å². The zero-order chi connectivity index (χ0) is 12.0. The van der Waals surface area contributed by atoms with Crippen LogP contribution in [0.2, 0.25) is 0 Å². The standard InChI is InChI=1S/C11H13BrO3S/c1-15-6-3-7-16-9-5-2-4-8(12)10(9)11(13)14/h2,4-5H,3,6-7H2,1H3,(H,13,14). The molecule has 1 aromatic carbocycles. The van der Waals surface area contributed by atoms with Crippen molar-refractivity contribution in [2.45, 2.75) is 11.3 Å². The van der Waals surface area contributed by atoms with Gasteiger partial charge in [-0.3, -0.25) is 0 Å². The third-order valence-electron chi connectivity index (χ3n) is 1.94. The minimum Gasteiger partial charge on any atom is -0.478 e. The van der Waals surface area contributed by atoms with E-state index < -0.39 is 5.97 Å². The maximum absolute atomic E-state index is 11.1. The second kappa shape index (κ2) is 6.93. The number of carboxylic acid groups (broad SMARTS) is 1. The molecule has 88 valence electrons. The predicted molar refractivity (Wildman–Crippen MR) is 68.3 cm³/mol. The SMILES string of the molecule is COCCCSc1cccc(Br)c1C(=O)O. The van der Waals surface area contributed by atoms with Crippen LogP contribution in [0, 0.1) is 0 Å². The molecule has 16 heavy (non-hydrogen) atoms. The van der Waals surface area contributed by atoms with Crippen LogP contribution in [0.15, 0.2) is 27.6 Å². The number of hydrogen-bond donors (Lipinski definition) is 1. The summed E-state index contributed by atoms with van der Waals surface area (Å²) < 4.78 is 5.56. The van der Waals surface area contributed by atoms with Gasteiger partial charge < -0.3 is 9.84 Å². The molecule has 1 aromatic rings. The molecule has 1 rings (SSSR count). The number of aromatic carboxylic acids is 1. The second-order valence-corrected chi connectivity index (χ2v) is 5.10. The number of thioether (sulfide) groups is 1. The molecule has 0 aromatic heterocycles. The summed E-state index contributed by atoms with van der Waals surface area (Å²) in [6.45, 7) is 0.698. The van der Waals surface area contributed by atoms with Gasteiger partial charge in [0.2, 0.25) is 0 Å². The molecule has 1 N–H and O–H groups in total. The summed E-state index contributed by atoms with van der Waals surface area (Å²) in [5, 5.41) is 9.08. The molecule has 0 unspecified atom stereocenters. The number of rotatable bonds is 6. The minimum absolute atomic E-state index is 0.338. The van der Waals surface area contributed by atoms with Crippen LogP contribution in [0.4, 0.5) is 0 Å². The third-order valence-corrected chi connectivity index (χ3v) is 3.74. The molecule has 0 atom stereocenters. The molecule has 0 bridgehead atoms. The van der Waals surface area contributed by atoms with Crippen molar-refractivity contribution in [2.75, 3.05) is 19.5 Å². The van der Waals surface area contributed by atoms with E-state index in [9.17, 15) is 4.79 Å². The molecule has 0 fully saturated rings. The van der Waals surface area contributed by atoms with Gasteiger partial charge in [-0.15, -0.1) is 11.8 Å². The van der Waals surface area contributed by atoms with Crippen LogP contribution >= 0.6 is 27.7 Å². The van der Waals surface area contributed by atoms with Gasteiger partial charge in [0.1, 0.15) is 0 Å². The number of carbonyl (C=O) groups is 1. The van der Waals surface area contributed by atoms with Crippen molar-refractivity contribution in [3.63, 3.8) is 0 Å². The number of methoxy groups -OCH3 is 1. The van der Waals surface area contributed by atoms with E-state index in [1.54, 1.807) is 13.2 Å². The Morgan fingerprint density at radius 1 is 1.56 bits per heavy atom. The minimum atomic E-state index is -0.901. The fourth-order valence-corrected chi connectivity index (χ4v) is 2.88. The number of carboxylic acids is 1. The van der Waals surface area contributed by atoms with Crippen LogP contribution in [0.25, 0.3) is 0 Å². The fourth-order valence-electron chi connectivity index (χ4n) is 1.22.